The fraction of sp³-hybridized carbons (Fsp3) is 0.250. The molecule has 1 atom stereocenters. The molecule has 2 aliphatic rings. The van der Waals surface area contributed by atoms with E-state index in [0.717, 1.165) is 11.6 Å². The normalized spacial score (nSPS) is 23.0. The Bertz CT molecular complexity index is 725. The van der Waals surface area contributed by atoms with Crippen molar-refractivity contribution in [2.75, 3.05) is 6.61 Å². The summed E-state index contributed by atoms with van der Waals surface area (Å²) in [6.45, 7) is 2.57. The first kappa shape index (κ1) is 14.6. The van der Waals surface area contributed by atoms with E-state index in [1.165, 1.54) is 15.9 Å². The summed E-state index contributed by atoms with van der Waals surface area (Å²) in [6.07, 6.45) is 0.666. The van der Waals surface area contributed by atoms with Gasteiger partial charge in [0.1, 0.15) is 0 Å². The zero-order chi connectivity index (χ0) is 15.9. The second-order valence-corrected chi connectivity index (χ2v) is 10.0. The number of hydrogen-bond donors (Lipinski definition) is 0. The SMILES string of the molecule is CC1=C2CO[Si](c3ccccc3)(c3ccccc3)C[C@H]2CC1=O. The molecule has 1 heterocycles. The molecule has 0 amide bonds. The van der Waals surface area contributed by atoms with E-state index in [1.807, 2.05) is 19.1 Å². The Morgan fingerprint density at radius 1 is 0.957 bits per heavy atom. The molecule has 4 rings (SSSR count). The predicted molar refractivity (Wildman–Crippen MR) is 94.5 cm³/mol. The first-order chi connectivity index (χ1) is 11.2. The van der Waals surface area contributed by atoms with Crippen molar-refractivity contribution in [1.82, 2.24) is 0 Å². The lowest BCUT2D eigenvalue weighted by Gasteiger charge is -2.39. The maximum Gasteiger partial charge on any atom is 0.256 e. The van der Waals surface area contributed by atoms with Crippen LogP contribution < -0.4 is 10.4 Å². The van der Waals surface area contributed by atoms with E-state index in [4.69, 9.17) is 4.43 Å². The standard InChI is InChI=1S/C20H20O2Si/c1-15-19-13-22-23(14-16(19)12-20(15)21,17-8-4-2-5-9-17)18-10-6-3-7-11-18/h2-11,16H,12-14H2,1H3/t16-/m1/s1. The van der Waals surface area contributed by atoms with Crippen LogP contribution >= 0.6 is 0 Å². The molecule has 0 bridgehead atoms. The van der Waals surface area contributed by atoms with Crippen molar-refractivity contribution in [2.24, 2.45) is 5.92 Å². The number of allylic oxidation sites excluding steroid dienone is 1. The fourth-order valence-corrected chi connectivity index (χ4v) is 8.20. The molecule has 116 valence electrons. The van der Waals surface area contributed by atoms with Crippen molar-refractivity contribution in [1.29, 1.82) is 0 Å². The van der Waals surface area contributed by atoms with Gasteiger partial charge in [-0.1, -0.05) is 60.7 Å². The second-order valence-electron chi connectivity index (χ2n) is 6.53. The Hall–Kier alpha value is -1.97. The quantitative estimate of drug-likeness (QED) is 0.795. The number of hydrogen-bond acceptors (Lipinski definition) is 2. The van der Waals surface area contributed by atoms with E-state index in [9.17, 15) is 4.79 Å². The number of Topliss-reactive ketones (excluding diaryl/α,β-unsaturated/α-hetero) is 1. The molecule has 0 unspecified atom stereocenters. The summed E-state index contributed by atoms with van der Waals surface area (Å²) < 4.78 is 6.60. The topological polar surface area (TPSA) is 26.3 Å². The zero-order valence-corrected chi connectivity index (χ0v) is 14.3. The number of carbonyl (C=O) groups excluding carboxylic acids is 1. The highest BCUT2D eigenvalue weighted by molar-refractivity contribution is 6.97. The van der Waals surface area contributed by atoms with E-state index in [-0.39, 0.29) is 0 Å². The smallest absolute Gasteiger partial charge is 0.256 e. The van der Waals surface area contributed by atoms with Gasteiger partial charge in [-0.3, -0.25) is 4.79 Å². The lowest BCUT2D eigenvalue weighted by molar-refractivity contribution is -0.115. The number of carbonyl (C=O) groups is 1. The largest absolute Gasteiger partial charge is 0.404 e. The van der Waals surface area contributed by atoms with E-state index in [0.29, 0.717) is 24.7 Å². The molecule has 23 heavy (non-hydrogen) atoms. The molecule has 3 heteroatoms. The van der Waals surface area contributed by atoms with Crippen LogP contribution in [0.3, 0.4) is 0 Å². The van der Waals surface area contributed by atoms with Crippen LogP contribution in [-0.4, -0.2) is 20.7 Å². The molecule has 1 aliphatic heterocycles. The summed E-state index contributed by atoms with van der Waals surface area (Å²) in [5.74, 6) is 0.669. The molecule has 2 nitrogen and oxygen atoms in total. The molecular weight excluding hydrogens is 300 g/mol. The van der Waals surface area contributed by atoms with Gasteiger partial charge in [-0.05, 0) is 40.4 Å². The fourth-order valence-electron chi connectivity index (χ4n) is 4.00. The summed E-state index contributed by atoms with van der Waals surface area (Å²) in [4.78, 5) is 12.1. The first-order valence-corrected chi connectivity index (χ1v) is 10.3. The van der Waals surface area contributed by atoms with E-state index in [1.54, 1.807) is 0 Å². The van der Waals surface area contributed by atoms with Gasteiger partial charge < -0.3 is 4.43 Å². The Balaban J connectivity index is 1.82. The Morgan fingerprint density at radius 2 is 1.52 bits per heavy atom. The molecule has 1 aliphatic carbocycles. The maximum atomic E-state index is 12.1. The van der Waals surface area contributed by atoms with Gasteiger partial charge in [0, 0.05) is 6.42 Å². The number of ketones is 1. The van der Waals surface area contributed by atoms with E-state index < -0.39 is 8.32 Å². The lowest BCUT2D eigenvalue weighted by atomic mass is 10.0. The van der Waals surface area contributed by atoms with Gasteiger partial charge in [0.2, 0.25) is 0 Å². The first-order valence-electron chi connectivity index (χ1n) is 8.18. The predicted octanol–water partition coefficient (Wildman–Crippen LogP) is 2.68. The molecule has 0 spiro atoms. The van der Waals surface area contributed by atoms with Crippen molar-refractivity contribution < 1.29 is 9.22 Å². The van der Waals surface area contributed by atoms with Gasteiger partial charge in [-0.25, -0.2) is 0 Å². The Morgan fingerprint density at radius 3 is 2.09 bits per heavy atom. The van der Waals surface area contributed by atoms with Crippen molar-refractivity contribution in [3.05, 3.63) is 71.8 Å². The van der Waals surface area contributed by atoms with Gasteiger partial charge in [0.05, 0.1) is 6.61 Å². The van der Waals surface area contributed by atoms with Crippen molar-refractivity contribution >= 4 is 24.5 Å². The van der Waals surface area contributed by atoms with Crippen molar-refractivity contribution in [3.8, 4) is 0 Å². The average Bonchev–Trinajstić information content (AvgIpc) is 2.90. The number of rotatable bonds is 2. The molecule has 1 fully saturated rings. The third-order valence-electron chi connectivity index (χ3n) is 5.31. The van der Waals surface area contributed by atoms with Crippen LogP contribution in [0.5, 0.6) is 0 Å². The molecule has 1 saturated heterocycles. The van der Waals surface area contributed by atoms with Gasteiger partial charge in [-0.2, -0.15) is 0 Å². The van der Waals surface area contributed by atoms with Gasteiger partial charge >= 0.3 is 0 Å². The highest BCUT2D eigenvalue weighted by Gasteiger charge is 2.48. The summed E-state index contributed by atoms with van der Waals surface area (Å²) in [6, 6.07) is 22.2. The highest BCUT2D eigenvalue weighted by Crippen LogP contribution is 2.39. The molecule has 0 aromatic heterocycles. The van der Waals surface area contributed by atoms with E-state index in [2.05, 4.69) is 48.5 Å². The van der Waals surface area contributed by atoms with Gasteiger partial charge in [-0.15, -0.1) is 0 Å². The molecule has 0 N–H and O–H groups in total. The maximum absolute atomic E-state index is 12.1. The van der Waals surface area contributed by atoms with Crippen LogP contribution in [0.15, 0.2) is 71.8 Å². The highest BCUT2D eigenvalue weighted by atomic mass is 28.4. The van der Waals surface area contributed by atoms with Crippen LogP contribution in [0.25, 0.3) is 0 Å². The molecule has 0 radical (unpaired) electrons. The molecule has 2 aromatic carbocycles. The van der Waals surface area contributed by atoms with Crippen molar-refractivity contribution in [2.45, 2.75) is 19.4 Å². The third kappa shape index (κ3) is 2.31. The zero-order valence-electron chi connectivity index (χ0n) is 13.3. The number of benzene rings is 2. The van der Waals surface area contributed by atoms with Gasteiger partial charge in [0.15, 0.2) is 5.78 Å². The Labute approximate surface area is 137 Å². The Kier molecular flexibility index (Phi) is 3.55. The third-order valence-corrected chi connectivity index (χ3v) is 9.55. The van der Waals surface area contributed by atoms with Crippen LogP contribution in [0, 0.1) is 5.92 Å². The van der Waals surface area contributed by atoms with Crippen LogP contribution in [-0.2, 0) is 9.22 Å². The summed E-state index contributed by atoms with van der Waals surface area (Å²) >= 11 is 0. The number of fused-ring (bicyclic) bond motifs is 1. The summed E-state index contributed by atoms with van der Waals surface area (Å²) in [5.41, 5.74) is 2.18. The molecule has 0 saturated carbocycles. The van der Waals surface area contributed by atoms with Crippen molar-refractivity contribution in [3.63, 3.8) is 0 Å². The second kappa shape index (κ2) is 5.59. The monoisotopic (exact) mass is 320 g/mol. The van der Waals surface area contributed by atoms with Gasteiger partial charge in [0.25, 0.3) is 8.32 Å². The van der Waals surface area contributed by atoms with E-state index >= 15 is 0 Å². The minimum atomic E-state index is -2.27. The average molecular weight is 320 g/mol. The molecule has 2 aromatic rings. The minimum Gasteiger partial charge on any atom is -0.404 e. The van der Waals surface area contributed by atoms with Crippen LogP contribution in [0.1, 0.15) is 13.3 Å². The van der Waals surface area contributed by atoms with Crippen LogP contribution in [0.4, 0.5) is 0 Å². The minimum absolute atomic E-state index is 0.305. The summed E-state index contributed by atoms with van der Waals surface area (Å²) in [5, 5.41) is 2.62. The summed E-state index contributed by atoms with van der Waals surface area (Å²) in [7, 11) is -2.27. The molecular formula is C20H20O2Si. The lowest BCUT2D eigenvalue weighted by Crippen LogP contribution is -2.63. The van der Waals surface area contributed by atoms with Crippen LogP contribution in [0.2, 0.25) is 6.04 Å².